The van der Waals surface area contributed by atoms with Gasteiger partial charge in [-0.15, -0.1) is 21.5 Å². The molecule has 2 bridgehead atoms. The van der Waals surface area contributed by atoms with E-state index in [1.165, 1.54) is 4.90 Å². The molecule has 3 aliphatic heterocycles. The maximum absolute atomic E-state index is 14.0. The van der Waals surface area contributed by atoms with Crippen LogP contribution in [0.25, 0.3) is 21.7 Å². The molecule has 5 atom stereocenters. The Morgan fingerprint density at radius 3 is 2.25 bits per heavy atom. The van der Waals surface area contributed by atoms with Crippen LogP contribution in [0, 0.1) is 12.3 Å². The van der Waals surface area contributed by atoms with Gasteiger partial charge in [0, 0.05) is 63.1 Å². The van der Waals surface area contributed by atoms with Crippen LogP contribution in [0.2, 0.25) is 0 Å². The molecule has 3 fully saturated rings. The highest BCUT2D eigenvalue weighted by molar-refractivity contribution is 7.13. The Balaban J connectivity index is 0.815. The van der Waals surface area contributed by atoms with E-state index in [0.29, 0.717) is 43.0 Å². The first-order chi connectivity index (χ1) is 31.2. The van der Waals surface area contributed by atoms with E-state index in [-0.39, 0.29) is 67.4 Å². The van der Waals surface area contributed by atoms with Crippen molar-refractivity contribution in [1.82, 2.24) is 35.6 Å². The lowest BCUT2D eigenvalue weighted by atomic mass is 9.85. The Morgan fingerprint density at radius 2 is 1.58 bits per heavy atom. The monoisotopic (exact) mass is 907 g/mol. The van der Waals surface area contributed by atoms with E-state index in [2.05, 4.69) is 35.6 Å². The van der Waals surface area contributed by atoms with Gasteiger partial charge in [0.05, 0.1) is 33.6 Å². The van der Waals surface area contributed by atoms with Crippen LogP contribution in [0.3, 0.4) is 0 Å². The molecule has 3 unspecified atom stereocenters. The van der Waals surface area contributed by atoms with E-state index >= 15 is 0 Å². The van der Waals surface area contributed by atoms with Gasteiger partial charge >= 0.3 is 0 Å². The van der Waals surface area contributed by atoms with Gasteiger partial charge in [-0.05, 0) is 73.8 Å². The first kappa shape index (κ1) is 47.4. The third-order valence-electron chi connectivity index (χ3n) is 13.1. The standard InChI is InChI=1S/C49H65N9O6S/c1-31-44(65-30-52-31)33-22-20-32(21-23-33)26-51-47(63)40-24-36(59)29-57(40)48(64)45(49(2,3)4)53-42(61)18-9-7-5-6-8-10-19-43(62)58-34-14-13-15-35(58)28-56(27-34)39-25-38(54-55-46(39)50)37-16-11-12-17-41(37)60/h11-12,16-17,20-23,25,30,34-36,40,45,59-60H,5-10,13-15,18-19,24,26-29H2,1-4H3,(H2,50,55)(H,51,63)(H,53,61)/t34?,35?,36-,40?,45-/m1/s1. The predicted octanol–water partition coefficient (Wildman–Crippen LogP) is 6.36. The summed E-state index contributed by atoms with van der Waals surface area (Å²) < 4.78 is 0. The van der Waals surface area contributed by atoms with Crippen molar-refractivity contribution in [3.8, 4) is 27.4 Å². The number of rotatable bonds is 17. The van der Waals surface area contributed by atoms with Crippen LogP contribution in [0.4, 0.5) is 11.5 Å². The summed E-state index contributed by atoms with van der Waals surface area (Å²) in [6.45, 7) is 9.27. The van der Waals surface area contributed by atoms with E-state index < -0.39 is 23.6 Å². The van der Waals surface area contributed by atoms with Crippen LogP contribution in [-0.4, -0.2) is 109 Å². The molecule has 4 aromatic rings. The van der Waals surface area contributed by atoms with Gasteiger partial charge in [0.15, 0.2) is 5.82 Å². The number of piperidine rings is 1. The second kappa shape index (κ2) is 21.1. The second-order valence-electron chi connectivity index (χ2n) is 19.0. The number of unbranched alkanes of at least 4 members (excludes halogenated alkanes) is 5. The molecule has 0 spiro atoms. The molecule has 3 saturated heterocycles. The number of nitrogen functional groups attached to an aromatic ring is 1. The third kappa shape index (κ3) is 11.6. The number of carbonyl (C=O) groups excluding carboxylic acids is 4. The van der Waals surface area contributed by atoms with Crippen molar-refractivity contribution in [2.24, 2.45) is 5.41 Å². The minimum Gasteiger partial charge on any atom is -0.507 e. The molecule has 7 rings (SSSR count). The molecule has 5 heterocycles. The maximum Gasteiger partial charge on any atom is 0.246 e. The summed E-state index contributed by atoms with van der Waals surface area (Å²) in [5.41, 5.74) is 12.4. The summed E-state index contributed by atoms with van der Waals surface area (Å²) in [4.78, 5) is 65.6. The maximum atomic E-state index is 14.0. The van der Waals surface area contributed by atoms with Crippen LogP contribution in [0.1, 0.15) is 109 Å². The molecule has 0 aliphatic carbocycles. The van der Waals surface area contributed by atoms with Gasteiger partial charge in [0.1, 0.15) is 17.8 Å². The number of hydrogen-bond donors (Lipinski definition) is 5. The molecule has 0 radical (unpaired) electrons. The number of aliphatic hydroxyl groups excluding tert-OH is 1. The quantitative estimate of drug-likeness (QED) is 0.0737. The third-order valence-corrected chi connectivity index (χ3v) is 14.1. The largest absolute Gasteiger partial charge is 0.507 e. The second-order valence-corrected chi connectivity index (χ2v) is 19.9. The number of aliphatic hydroxyl groups is 1. The topological polar surface area (TPSA) is 207 Å². The molecule has 65 heavy (non-hydrogen) atoms. The van der Waals surface area contributed by atoms with Gasteiger partial charge in [-0.1, -0.05) is 82.9 Å². The number of likely N-dealkylation sites (tertiary alicyclic amines) is 1. The molecule has 15 nitrogen and oxygen atoms in total. The summed E-state index contributed by atoms with van der Waals surface area (Å²) >= 11 is 1.58. The average Bonchev–Trinajstić information content (AvgIpc) is 3.90. The number of amides is 4. The number of benzene rings is 2. The molecule has 0 saturated carbocycles. The number of para-hydroxylation sites is 1. The van der Waals surface area contributed by atoms with Crippen molar-refractivity contribution in [3.05, 3.63) is 71.4 Å². The Labute approximate surface area is 386 Å². The van der Waals surface area contributed by atoms with Crippen LogP contribution >= 0.6 is 11.3 Å². The van der Waals surface area contributed by atoms with Gasteiger partial charge in [-0.25, -0.2) is 4.98 Å². The smallest absolute Gasteiger partial charge is 0.246 e. The summed E-state index contributed by atoms with van der Waals surface area (Å²) in [7, 11) is 0. The highest BCUT2D eigenvalue weighted by Gasteiger charge is 2.45. The predicted molar refractivity (Wildman–Crippen MR) is 253 cm³/mol. The molecule has 3 aliphatic rings. The molecular weight excluding hydrogens is 843 g/mol. The SMILES string of the molecule is Cc1ncsc1-c1ccc(CNC(=O)C2C[C@@H](O)CN2C(=O)[C@@H](NC(=O)CCCCCCCCC(=O)N2C3CCCC2CN(c2cc(-c4ccccc4O)nnc2N)C3)C(C)(C)C)cc1. The molecule has 2 aromatic heterocycles. The van der Waals surface area contributed by atoms with Crippen molar-refractivity contribution in [2.45, 2.75) is 142 Å². The molecule has 16 heteroatoms. The molecule has 4 amide bonds. The van der Waals surface area contributed by atoms with Gasteiger partial charge < -0.3 is 41.3 Å². The summed E-state index contributed by atoms with van der Waals surface area (Å²) in [5, 5.41) is 35.4. The number of carbonyl (C=O) groups is 4. The first-order valence-electron chi connectivity index (χ1n) is 23.2. The van der Waals surface area contributed by atoms with Crippen molar-refractivity contribution in [2.75, 3.05) is 30.3 Å². The number of piperazine rings is 1. The van der Waals surface area contributed by atoms with Crippen LogP contribution in [-0.2, 0) is 25.7 Å². The van der Waals surface area contributed by atoms with Gasteiger partial charge in [0.25, 0.3) is 0 Å². The van der Waals surface area contributed by atoms with Gasteiger partial charge in [-0.2, -0.15) is 0 Å². The molecule has 6 N–H and O–H groups in total. The van der Waals surface area contributed by atoms with Crippen molar-refractivity contribution in [3.63, 3.8) is 0 Å². The highest BCUT2D eigenvalue weighted by Crippen LogP contribution is 2.37. The first-order valence-corrected chi connectivity index (χ1v) is 24.1. The molecule has 348 valence electrons. The minimum atomic E-state index is -0.868. The van der Waals surface area contributed by atoms with E-state index in [1.54, 1.807) is 29.5 Å². The van der Waals surface area contributed by atoms with Crippen molar-refractivity contribution < 1.29 is 29.4 Å². The number of thiazole rings is 1. The molecule has 2 aromatic carbocycles. The summed E-state index contributed by atoms with van der Waals surface area (Å²) in [6, 6.07) is 15.3. The number of anilines is 2. The van der Waals surface area contributed by atoms with Gasteiger partial charge in [-0.3, -0.25) is 19.2 Å². The fraction of sp³-hybridized carbons (Fsp3) is 0.531. The Morgan fingerprint density at radius 1 is 0.908 bits per heavy atom. The van der Waals surface area contributed by atoms with E-state index in [9.17, 15) is 29.4 Å². The van der Waals surface area contributed by atoms with Crippen LogP contribution < -0.4 is 21.3 Å². The number of nitrogens with one attached hydrogen (secondary N) is 2. The van der Waals surface area contributed by atoms with Gasteiger partial charge in [0.2, 0.25) is 23.6 Å². The lowest BCUT2D eigenvalue weighted by Gasteiger charge is -2.51. The number of aromatic nitrogens is 3. The number of nitrogens with two attached hydrogens (primary N) is 1. The Hall–Kier alpha value is -5.61. The fourth-order valence-corrected chi connectivity index (χ4v) is 10.4. The number of phenols is 1. The number of hydrogen-bond acceptors (Lipinski definition) is 12. The summed E-state index contributed by atoms with van der Waals surface area (Å²) in [6.07, 6.45) is 8.20. The number of aromatic hydroxyl groups is 1. The molecular formula is C49H65N9O6S. The van der Waals surface area contributed by atoms with Crippen LogP contribution in [0.5, 0.6) is 5.75 Å². The Bertz CT molecular complexity index is 2280. The lowest BCUT2D eigenvalue weighted by Crippen LogP contribution is -2.62. The highest BCUT2D eigenvalue weighted by atomic mass is 32.1. The number of aryl methyl sites for hydroxylation is 1. The number of β-amino-alcohol motifs (C(OH)–C–C–N with tert-alkyl or cyclic N) is 1. The average molecular weight is 908 g/mol. The van der Waals surface area contributed by atoms with E-state index in [1.807, 2.05) is 69.6 Å². The zero-order valence-corrected chi connectivity index (χ0v) is 39.0. The Kier molecular flexibility index (Phi) is 15.4. The number of nitrogens with zero attached hydrogens (tertiary/aromatic N) is 6. The zero-order chi connectivity index (χ0) is 46.3. The minimum absolute atomic E-state index is 0.0229. The summed E-state index contributed by atoms with van der Waals surface area (Å²) in [5.74, 6) is -0.264. The zero-order valence-electron chi connectivity index (χ0n) is 38.2. The number of phenolic OH excluding ortho intramolecular Hbond substituents is 1. The normalized spacial score (nSPS) is 20.1. The number of fused-ring (bicyclic) bond motifs is 2. The van der Waals surface area contributed by atoms with Crippen molar-refractivity contribution in [1.29, 1.82) is 0 Å². The van der Waals surface area contributed by atoms with Crippen molar-refractivity contribution >= 4 is 46.5 Å². The van der Waals surface area contributed by atoms with E-state index in [4.69, 9.17) is 5.73 Å². The fourth-order valence-electron chi connectivity index (χ4n) is 9.59. The van der Waals surface area contributed by atoms with Crippen LogP contribution in [0.15, 0.2) is 60.1 Å². The lowest BCUT2D eigenvalue weighted by molar-refractivity contribution is -0.144. The van der Waals surface area contributed by atoms with E-state index in [0.717, 1.165) is 78.8 Å².